The van der Waals surface area contributed by atoms with Crippen LogP contribution in [0.5, 0.6) is 0 Å². The van der Waals surface area contributed by atoms with Crippen LogP contribution in [-0.2, 0) is 9.84 Å². The molecule has 0 radical (unpaired) electrons. The van der Waals surface area contributed by atoms with Gasteiger partial charge in [-0.25, -0.2) is 12.8 Å². The summed E-state index contributed by atoms with van der Waals surface area (Å²) in [5, 5.41) is 0. The van der Waals surface area contributed by atoms with Crippen LogP contribution in [0.25, 0.3) is 0 Å². The zero-order chi connectivity index (χ0) is 18.0. The Kier molecular flexibility index (Phi) is 4.85. The molecule has 25 heavy (non-hydrogen) atoms. The van der Waals surface area contributed by atoms with E-state index in [0.717, 1.165) is 19.1 Å². The predicted molar refractivity (Wildman–Crippen MR) is 91.6 cm³/mol. The molecule has 2 heterocycles. The monoisotopic (exact) mass is 362 g/mol. The molecule has 1 unspecified atom stereocenters. The predicted octanol–water partition coefficient (Wildman–Crippen LogP) is 2.64. The summed E-state index contributed by atoms with van der Waals surface area (Å²) in [5.41, 5.74) is 0.798. The van der Waals surface area contributed by atoms with Gasteiger partial charge in [-0.3, -0.25) is 9.78 Å². The minimum absolute atomic E-state index is 0.155. The van der Waals surface area contributed by atoms with Crippen LogP contribution >= 0.6 is 0 Å². The number of sulfone groups is 1. The molecule has 0 aliphatic carbocycles. The van der Waals surface area contributed by atoms with Crippen molar-refractivity contribution in [3.63, 3.8) is 0 Å². The Morgan fingerprint density at radius 3 is 2.80 bits per heavy atom. The molecule has 1 saturated heterocycles. The quantitative estimate of drug-likeness (QED) is 0.842. The van der Waals surface area contributed by atoms with Gasteiger partial charge in [0.1, 0.15) is 5.82 Å². The van der Waals surface area contributed by atoms with Gasteiger partial charge in [-0.2, -0.15) is 0 Å². The number of benzene rings is 1. The van der Waals surface area contributed by atoms with E-state index in [1.54, 1.807) is 29.3 Å². The highest BCUT2D eigenvalue weighted by Crippen LogP contribution is 2.30. The van der Waals surface area contributed by atoms with Gasteiger partial charge in [-0.05, 0) is 43.2 Å². The van der Waals surface area contributed by atoms with Gasteiger partial charge in [0, 0.05) is 37.0 Å². The first kappa shape index (κ1) is 17.5. The lowest BCUT2D eigenvalue weighted by Crippen LogP contribution is -2.39. The first-order valence-corrected chi connectivity index (χ1v) is 9.95. The van der Waals surface area contributed by atoms with Crippen LogP contribution < -0.4 is 0 Å². The number of pyridine rings is 1. The third-order valence-corrected chi connectivity index (χ3v) is 5.51. The van der Waals surface area contributed by atoms with Crippen molar-refractivity contribution in [3.8, 4) is 0 Å². The largest absolute Gasteiger partial charge is 0.338 e. The Bertz CT molecular complexity index is 899. The van der Waals surface area contributed by atoms with Crippen molar-refractivity contribution >= 4 is 15.7 Å². The minimum atomic E-state index is -3.39. The van der Waals surface area contributed by atoms with Gasteiger partial charge in [-0.15, -0.1) is 0 Å². The van der Waals surface area contributed by atoms with Crippen molar-refractivity contribution in [2.24, 2.45) is 0 Å². The molecule has 5 nitrogen and oxygen atoms in total. The number of carbonyl (C=O) groups excluding carboxylic acids is 1. The zero-order valence-electron chi connectivity index (χ0n) is 13.9. The fraction of sp³-hybridized carbons (Fsp3) is 0.333. The number of rotatable bonds is 3. The van der Waals surface area contributed by atoms with Gasteiger partial charge >= 0.3 is 0 Å². The van der Waals surface area contributed by atoms with Crippen LogP contribution in [0.15, 0.2) is 47.5 Å². The normalized spacial score (nSPS) is 18.2. The van der Waals surface area contributed by atoms with Crippen LogP contribution in [0.3, 0.4) is 0 Å². The molecule has 1 aromatic heterocycles. The van der Waals surface area contributed by atoms with Crippen LogP contribution in [-0.4, -0.2) is 43.6 Å². The Labute approximate surface area is 146 Å². The fourth-order valence-electron chi connectivity index (χ4n) is 3.21. The van der Waals surface area contributed by atoms with Crippen molar-refractivity contribution < 1.29 is 17.6 Å². The summed E-state index contributed by atoms with van der Waals surface area (Å²) in [7, 11) is -3.39. The molecule has 0 spiro atoms. The van der Waals surface area contributed by atoms with Crippen molar-refractivity contribution in [1.82, 2.24) is 9.88 Å². The van der Waals surface area contributed by atoms with E-state index in [0.29, 0.717) is 24.3 Å². The SMILES string of the molecule is CS(=O)(=O)c1cccnc1C1CCCN(C(=O)c2cccc(F)c2)C1. The van der Waals surface area contributed by atoms with Crippen LogP contribution in [0.4, 0.5) is 4.39 Å². The van der Waals surface area contributed by atoms with E-state index in [1.807, 2.05) is 0 Å². The first-order chi connectivity index (χ1) is 11.9. The summed E-state index contributed by atoms with van der Waals surface area (Å²) >= 11 is 0. The summed E-state index contributed by atoms with van der Waals surface area (Å²) in [5.74, 6) is -0.860. The van der Waals surface area contributed by atoms with E-state index in [4.69, 9.17) is 0 Å². The number of nitrogens with zero attached hydrogens (tertiary/aromatic N) is 2. The molecule has 1 aromatic carbocycles. The van der Waals surface area contributed by atoms with Gasteiger partial charge in [0.05, 0.1) is 10.6 Å². The minimum Gasteiger partial charge on any atom is -0.338 e. The molecule has 1 atom stereocenters. The molecule has 3 rings (SSSR count). The molecule has 1 aliphatic rings. The standard InChI is InChI=1S/C18H19FN2O3S/c1-25(23,24)16-8-3-9-20-17(16)14-6-4-10-21(12-14)18(22)13-5-2-7-15(19)11-13/h2-3,5,7-9,11,14H,4,6,10,12H2,1H3. The number of hydrogen-bond donors (Lipinski definition) is 0. The van der Waals surface area contributed by atoms with Gasteiger partial charge in [-0.1, -0.05) is 6.07 Å². The molecule has 1 aliphatic heterocycles. The number of carbonyl (C=O) groups is 1. The lowest BCUT2D eigenvalue weighted by atomic mass is 9.93. The van der Waals surface area contributed by atoms with Crippen molar-refractivity contribution in [2.45, 2.75) is 23.7 Å². The first-order valence-electron chi connectivity index (χ1n) is 8.06. The Balaban J connectivity index is 1.86. The third kappa shape index (κ3) is 3.87. The summed E-state index contributed by atoms with van der Waals surface area (Å²) in [6, 6.07) is 8.74. The third-order valence-electron chi connectivity index (χ3n) is 4.37. The van der Waals surface area contributed by atoms with Gasteiger partial charge in [0.2, 0.25) is 0 Å². The highest BCUT2D eigenvalue weighted by atomic mass is 32.2. The molecule has 0 saturated carbocycles. The molecule has 132 valence electrons. The lowest BCUT2D eigenvalue weighted by Gasteiger charge is -2.33. The summed E-state index contributed by atoms with van der Waals surface area (Å²) in [6.07, 6.45) is 4.22. The number of aromatic nitrogens is 1. The van der Waals surface area contributed by atoms with E-state index in [9.17, 15) is 17.6 Å². The molecule has 2 aromatic rings. The van der Waals surface area contributed by atoms with E-state index in [1.165, 1.54) is 18.2 Å². The molecule has 1 fully saturated rings. The average Bonchev–Trinajstić information content (AvgIpc) is 2.60. The number of piperidine rings is 1. The molecular weight excluding hydrogens is 343 g/mol. The maximum absolute atomic E-state index is 13.4. The zero-order valence-corrected chi connectivity index (χ0v) is 14.7. The van der Waals surface area contributed by atoms with E-state index >= 15 is 0 Å². The highest BCUT2D eigenvalue weighted by molar-refractivity contribution is 7.90. The Hall–Kier alpha value is -2.28. The molecular formula is C18H19FN2O3S. The summed E-state index contributed by atoms with van der Waals surface area (Å²) in [6.45, 7) is 0.932. The van der Waals surface area contributed by atoms with Crippen LogP contribution in [0.2, 0.25) is 0 Å². The number of amides is 1. The summed E-state index contributed by atoms with van der Waals surface area (Å²) < 4.78 is 37.4. The van der Waals surface area contributed by atoms with Crippen LogP contribution in [0, 0.1) is 5.82 Å². The maximum Gasteiger partial charge on any atom is 0.253 e. The average molecular weight is 362 g/mol. The van der Waals surface area contributed by atoms with Crippen molar-refractivity contribution in [2.75, 3.05) is 19.3 Å². The smallest absolute Gasteiger partial charge is 0.253 e. The Morgan fingerprint density at radius 1 is 1.28 bits per heavy atom. The maximum atomic E-state index is 13.4. The highest BCUT2D eigenvalue weighted by Gasteiger charge is 2.29. The fourth-order valence-corrected chi connectivity index (χ4v) is 4.14. The van der Waals surface area contributed by atoms with Gasteiger partial charge < -0.3 is 4.90 Å². The summed E-state index contributed by atoms with van der Waals surface area (Å²) in [4.78, 5) is 18.8. The van der Waals surface area contributed by atoms with Crippen molar-refractivity contribution in [1.29, 1.82) is 0 Å². The van der Waals surface area contributed by atoms with Gasteiger partial charge in [0.15, 0.2) is 9.84 Å². The van der Waals surface area contributed by atoms with Crippen molar-refractivity contribution in [3.05, 3.63) is 59.7 Å². The van der Waals surface area contributed by atoms with E-state index in [-0.39, 0.29) is 16.7 Å². The second-order valence-electron chi connectivity index (χ2n) is 6.26. The number of hydrogen-bond acceptors (Lipinski definition) is 4. The molecule has 1 amide bonds. The number of halogens is 1. The number of likely N-dealkylation sites (tertiary alicyclic amines) is 1. The lowest BCUT2D eigenvalue weighted by molar-refractivity contribution is 0.0704. The topological polar surface area (TPSA) is 67.3 Å². The second-order valence-corrected chi connectivity index (χ2v) is 8.24. The second kappa shape index (κ2) is 6.92. The molecule has 0 N–H and O–H groups in total. The van der Waals surface area contributed by atoms with E-state index in [2.05, 4.69) is 4.98 Å². The van der Waals surface area contributed by atoms with E-state index < -0.39 is 15.7 Å². The Morgan fingerprint density at radius 2 is 2.08 bits per heavy atom. The molecule has 0 bridgehead atoms. The molecule has 7 heteroatoms. The van der Waals surface area contributed by atoms with Crippen LogP contribution in [0.1, 0.15) is 34.8 Å². The van der Waals surface area contributed by atoms with Gasteiger partial charge in [0.25, 0.3) is 5.91 Å².